The summed E-state index contributed by atoms with van der Waals surface area (Å²) in [5.41, 5.74) is 5.54. The van der Waals surface area contributed by atoms with E-state index in [-0.39, 0.29) is 17.3 Å². The largest absolute Gasteiger partial charge is 0.380 e. The standard InChI is InChI=1S/C18H25N5O3S/c1-12(2)27(24,25)23(5)18(19)17(21-4)16-10-15(22-26-16)14-8-6-13(7-9-14)11-20-3/h6-10,12,19-20,22H,4,11H2,1-3,5H3. The van der Waals surface area contributed by atoms with Crippen molar-refractivity contribution in [1.82, 2.24) is 15.1 Å². The highest BCUT2D eigenvalue weighted by Gasteiger charge is 2.29. The Bertz CT molecular complexity index is 886. The van der Waals surface area contributed by atoms with Gasteiger partial charge in [0.1, 0.15) is 0 Å². The quantitative estimate of drug-likeness (QED) is 0.486. The molecule has 0 aromatic heterocycles. The summed E-state index contributed by atoms with van der Waals surface area (Å²) < 4.78 is 25.5. The topological polar surface area (TPSA) is 107 Å². The van der Waals surface area contributed by atoms with Gasteiger partial charge in [-0.2, -0.15) is 0 Å². The molecule has 0 saturated heterocycles. The third-order valence-corrected chi connectivity index (χ3v) is 6.24. The number of rotatable bonds is 7. The summed E-state index contributed by atoms with van der Waals surface area (Å²) in [6.07, 6.45) is 1.67. The molecule has 9 heteroatoms. The Morgan fingerprint density at radius 2 is 2.00 bits per heavy atom. The Morgan fingerprint density at radius 1 is 1.37 bits per heavy atom. The van der Waals surface area contributed by atoms with Crippen LogP contribution in [0.5, 0.6) is 0 Å². The Labute approximate surface area is 160 Å². The van der Waals surface area contributed by atoms with Crippen molar-refractivity contribution in [1.29, 1.82) is 5.41 Å². The van der Waals surface area contributed by atoms with Gasteiger partial charge in [-0.05, 0) is 33.2 Å². The maximum absolute atomic E-state index is 12.3. The predicted octanol–water partition coefficient (Wildman–Crippen LogP) is 1.84. The molecule has 0 unspecified atom stereocenters. The maximum atomic E-state index is 12.3. The maximum Gasteiger partial charge on any atom is 0.238 e. The molecule has 1 aromatic rings. The number of hydroxylamine groups is 1. The van der Waals surface area contributed by atoms with Crippen molar-refractivity contribution in [2.75, 3.05) is 14.1 Å². The second-order valence-corrected chi connectivity index (χ2v) is 8.79. The van der Waals surface area contributed by atoms with Gasteiger partial charge < -0.3 is 10.2 Å². The van der Waals surface area contributed by atoms with Gasteiger partial charge >= 0.3 is 0 Å². The number of amidine groups is 1. The van der Waals surface area contributed by atoms with E-state index in [1.54, 1.807) is 19.9 Å². The van der Waals surface area contributed by atoms with Gasteiger partial charge in [0.15, 0.2) is 17.3 Å². The van der Waals surface area contributed by atoms with Crippen LogP contribution in [0.2, 0.25) is 0 Å². The van der Waals surface area contributed by atoms with Crippen molar-refractivity contribution in [3.8, 4) is 0 Å². The van der Waals surface area contributed by atoms with E-state index in [0.29, 0.717) is 5.70 Å². The van der Waals surface area contributed by atoms with E-state index < -0.39 is 15.3 Å². The molecule has 0 amide bonds. The summed E-state index contributed by atoms with van der Waals surface area (Å²) >= 11 is 0. The molecule has 1 aliphatic heterocycles. The summed E-state index contributed by atoms with van der Waals surface area (Å²) in [5, 5.41) is 10.6. The van der Waals surface area contributed by atoms with Crippen molar-refractivity contribution >= 4 is 28.3 Å². The highest BCUT2D eigenvalue weighted by Crippen LogP contribution is 2.25. The van der Waals surface area contributed by atoms with E-state index in [1.165, 1.54) is 7.05 Å². The number of allylic oxidation sites excluding steroid dienone is 1. The number of nitrogens with zero attached hydrogens (tertiary/aromatic N) is 2. The molecule has 0 bridgehead atoms. The fourth-order valence-corrected chi connectivity index (χ4v) is 3.40. The summed E-state index contributed by atoms with van der Waals surface area (Å²) in [6, 6.07) is 7.88. The van der Waals surface area contributed by atoms with Crippen LogP contribution >= 0.6 is 0 Å². The highest BCUT2D eigenvalue weighted by atomic mass is 32.2. The Kier molecular flexibility index (Phi) is 6.40. The van der Waals surface area contributed by atoms with Gasteiger partial charge in [0, 0.05) is 25.2 Å². The number of nitrogens with one attached hydrogen (secondary N) is 3. The minimum Gasteiger partial charge on any atom is -0.380 e. The number of benzene rings is 1. The van der Waals surface area contributed by atoms with Crippen LogP contribution in [0.25, 0.3) is 5.70 Å². The molecule has 3 N–H and O–H groups in total. The molecule has 0 saturated carbocycles. The average molecular weight is 391 g/mol. The molecule has 0 spiro atoms. The summed E-state index contributed by atoms with van der Waals surface area (Å²) in [4.78, 5) is 9.24. The van der Waals surface area contributed by atoms with Crippen LogP contribution in [0.15, 0.2) is 46.8 Å². The zero-order valence-corrected chi connectivity index (χ0v) is 16.7. The second-order valence-electron chi connectivity index (χ2n) is 6.27. The molecule has 146 valence electrons. The Hall–Kier alpha value is -2.65. The fraction of sp³-hybridized carbons (Fsp3) is 0.333. The van der Waals surface area contributed by atoms with Crippen molar-refractivity contribution < 1.29 is 13.3 Å². The average Bonchev–Trinajstić information content (AvgIpc) is 3.12. The fourth-order valence-electron chi connectivity index (χ4n) is 2.43. The van der Waals surface area contributed by atoms with Crippen LogP contribution in [0, 0.1) is 5.41 Å². The smallest absolute Gasteiger partial charge is 0.238 e. The van der Waals surface area contributed by atoms with E-state index >= 15 is 0 Å². The van der Waals surface area contributed by atoms with E-state index in [0.717, 1.165) is 22.0 Å². The molecular weight excluding hydrogens is 366 g/mol. The van der Waals surface area contributed by atoms with Gasteiger partial charge in [-0.3, -0.25) is 14.7 Å². The molecule has 1 heterocycles. The first-order valence-corrected chi connectivity index (χ1v) is 9.88. The summed E-state index contributed by atoms with van der Waals surface area (Å²) in [6.45, 7) is 7.33. The second kappa shape index (κ2) is 8.36. The lowest BCUT2D eigenvalue weighted by molar-refractivity contribution is 0.175. The van der Waals surface area contributed by atoms with Crippen molar-refractivity contribution in [3.63, 3.8) is 0 Å². The van der Waals surface area contributed by atoms with Crippen LogP contribution in [0.1, 0.15) is 25.0 Å². The zero-order valence-electron chi connectivity index (χ0n) is 15.9. The van der Waals surface area contributed by atoms with Crippen molar-refractivity contribution in [3.05, 3.63) is 52.9 Å². The minimum atomic E-state index is -3.65. The van der Waals surface area contributed by atoms with E-state index in [1.807, 2.05) is 31.3 Å². The van der Waals surface area contributed by atoms with Crippen LogP contribution in [0.3, 0.4) is 0 Å². The minimum absolute atomic E-state index is 0.0380. The van der Waals surface area contributed by atoms with Gasteiger partial charge in [-0.1, -0.05) is 24.3 Å². The van der Waals surface area contributed by atoms with Crippen molar-refractivity contribution in [2.45, 2.75) is 25.6 Å². The number of hydrogen-bond donors (Lipinski definition) is 3. The molecule has 1 aliphatic rings. The summed E-state index contributed by atoms with van der Waals surface area (Å²) in [7, 11) is -0.452. The Morgan fingerprint density at radius 3 is 2.52 bits per heavy atom. The Balaban J connectivity index is 2.32. The first-order valence-electron chi connectivity index (χ1n) is 8.38. The number of likely N-dealkylation sites (N-methyl/N-ethyl adjacent to an activating group) is 1. The molecule has 1 aromatic carbocycles. The zero-order chi connectivity index (χ0) is 20.2. The molecule has 0 aliphatic carbocycles. The van der Waals surface area contributed by atoms with Crippen LogP contribution < -0.4 is 10.8 Å². The van der Waals surface area contributed by atoms with Crippen LogP contribution in [-0.2, 0) is 21.4 Å². The normalized spacial score (nSPS) is 15.7. The van der Waals surface area contributed by atoms with Crippen molar-refractivity contribution in [2.24, 2.45) is 4.99 Å². The van der Waals surface area contributed by atoms with Gasteiger partial charge in [-0.15, -0.1) is 0 Å². The van der Waals surface area contributed by atoms with Gasteiger partial charge in [0.25, 0.3) is 0 Å². The van der Waals surface area contributed by atoms with Crippen LogP contribution in [-0.4, -0.2) is 44.6 Å². The lowest BCUT2D eigenvalue weighted by Crippen LogP contribution is -2.38. The lowest BCUT2D eigenvalue weighted by atomic mass is 10.1. The third-order valence-electron chi connectivity index (χ3n) is 4.10. The first kappa shape index (κ1) is 20.7. The van der Waals surface area contributed by atoms with E-state index in [2.05, 4.69) is 22.5 Å². The monoisotopic (exact) mass is 391 g/mol. The lowest BCUT2D eigenvalue weighted by Gasteiger charge is -2.22. The molecule has 0 radical (unpaired) electrons. The number of hydrogen-bond acceptors (Lipinski definition) is 7. The SMILES string of the molecule is C=NC(C(=N)N(C)S(=O)(=O)C(C)C)=C1C=C(c2ccc(CNC)cc2)NO1. The number of sulfonamides is 1. The number of aliphatic imine (C=N–C) groups is 1. The molecule has 27 heavy (non-hydrogen) atoms. The van der Waals surface area contributed by atoms with E-state index in [4.69, 9.17) is 10.2 Å². The predicted molar refractivity (Wildman–Crippen MR) is 108 cm³/mol. The summed E-state index contributed by atoms with van der Waals surface area (Å²) in [5.74, 6) is -0.0764. The van der Waals surface area contributed by atoms with E-state index in [9.17, 15) is 8.42 Å². The molecular formula is C18H25N5O3S. The molecule has 0 fully saturated rings. The molecule has 8 nitrogen and oxygen atoms in total. The highest BCUT2D eigenvalue weighted by molar-refractivity contribution is 7.90. The van der Waals surface area contributed by atoms with Gasteiger partial charge in [0.2, 0.25) is 10.0 Å². The first-order chi connectivity index (χ1) is 12.7. The molecule has 2 rings (SSSR count). The van der Waals surface area contributed by atoms with Gasteiger partial charge in [-0.25, -0.2) is 13.9 Å². The van der Waals surface area contributed by atoms with Crippen LogP contribution in [0.4, 0.5) is 0 Å². The van der Waals surface area contributed by atoms with Gasteiger partial charge in [0.05, 0.1) is 10.9 Å². The third kappa shape index (κ3) is 4.37. The molecule has 0 atom stereocenters.